The van der Waals surface area contributed by atoms with Gasteiger partial charge in [-0.3, -0.25) is 0 Å². The van der Waals surface area contributed by atoms with Crippen LogP contribution in [0.1, 0.15) is 144 Å². The Morgan fingerprint density at radius 2 is 0.800 bits per heavy atom. The van der Waals surface area contributed by atoms with Gasteiger partial charge in [-0.25, -0.2) is 4.67 Å². The van der Waals surface area contributed by atoms with Gasteiger partial charge in [0.25, 0.3) is 8.53 Å². The summed E-state index contributed by atoms with van der Waals surface area (Å²) in [5.74, 6) is 0. The number of rotatable bonds is 23. The van der Waals surface area contributed by atoms with E-state index in [-0.39, 0.29) is 0 Å². The van der Waals surface area contributed by atoms with E-state index in [2.05, 4.69) is 46.2 Å². The molecule has 0 atom stereocenters. The predicted molar refractivity (Wildman–Crippen MR) is 136 cm³/mol. The summed E-state index contributed by atoms with van der Waals surface area (Å²) in [6, 6.07) is 0.904. The van der Waals surface area contributed by atoms with Gasteiger partial charge in [0, 0.05) is 12.1 Å². The summed E-state index contributed by atoms with van der Waals surface area (Å²) in [5, 5.41) is 0. The van der Waals surface area contributed by atoms with E-state index in [1.165, 1.54) is 89.9 Å². The van der Waals surface area contributed by atoms with Gasteiger partial charge in [-0.15, -0.1) is 0 Å². The molecule has 0 unspecified atom stereocenters. The third-order valence-electron chi connectivity index (χ3n) is 5.65. The molecule has 30 heavy (non-hydrogen) atoms. The number of hydrogen-bond donors (Lipinski definition) is 0. The van der Waals surface area contributed by atoms with Gasteiger partial charge in [-0.05, 0) is 40.5 Å². The Balaban J connectivity index is 4.07. The highest BCUT2D eigenvalue weighted by atomic mass is 31.2. The third kappa shape index (κ3) is 17.9. The summed E-state index contributed by atoms with van der Waals surface area (Å²) < 4.78 is 15.1. The molecule has 0 N–H and O–H groups in total. The van der Waals surface area contributed by atoms with E-state index in [0.29, 0.717) is 12.1 Å². The third-order valence-corrected chi connectivity index (χ3v) is 7.75. The lowest BCUT2D eigenvalue weighted by atomic mass is 10.1. The van der Waals surface area contributed by atoms with Gasteiger partial charge in [-0.1, -0.05) is 104 Å². The monoisotopic (exact) mass is 445 g/mol. The molecule has 0 rings (SSSR count). The van der Waals surface area contributed by atoms with E-state index in [0.717, 1.165) is 26.1 Å². The summed E-state index contributed by atoms with van der Waals surface area (Å²) in [7, 11) is -0.935. The van der Waals surface area contributed by atoms with E-state index in [4.69, 9.17) is 9.05 Å². The minimum Gasteiger partial charge on any atom is -0.322 e. The number of nitrogens with zero attached hydrogens (tertiary/aromatic N) is 1. The molecule has 0 aliphatic rings. The van der Waals surface area contributed by atoms with Crippen LogP contribution < -0.4 is 0 Å². The van der Waals surface area contributed by atoms with Gasteiger partial charge in [0.05, 0.1) is 13.2 Å². The molecule has 0 aliphatic heterocycles. The highest BCUT2D eigenvalue weighted by Crippen LogP contribution is 2.46. The Morgan fingerprint density at radius 3 is 1.10 bits per heavy atom. The summed E-state index contributed by atoms with van der Waals surface area (Å²) in [6.07, 6.45) is 21.4. The van der Waals surface area contributed by atoms with Gasteiger partial charge in [-0.2, -0.15) is 0 Å². The van der Waals surface area contributed by atoms with E-state index in [1.54, 1.807) is 0 Å². The smallest absolute Gasteiger partial charge is 0.259 e. The molecule has 0 heterocycles. The minimum absolute atomic E-state index is 0.452. The second kappa shape index (κ2) is 22.5. The van der Waals surface area contributed by atoms with Gasteiger partial charge < -0.3 is 9.05 Å². The van der Waals surface area contributed by atoms with E-state index >= 15 is 0 Å². The molecule has 0 spiro atoms. The lowest BCUT2D eigenvalue weighted by molar-refractivity contribution is 0.170. The maximum Gasteiger partial charge on any atom is 0.259 e. The fourth-order valence-corrected chi connectivity index (χ4v) is 5.57. The van der Waals surface area contributed by atoms with Crippen LogP contribution >= 0.6 is 8.53 Å². The molecule has 4 heteroatoms. The Labute approximate surface area is 192 Å². The Hall–Kier alpha value is 0.310. The average molecular weight is 446 g/mol. The molecule has 0 saturated carbocycles. The largest absolute Gasteiger partial charge is 0.322 e. The molecular weight excluding hydrogens is 389 g/mol. The standard InChI is InChI=1S/C26H56NO2P/c1-7-9-11-13-15-17-19-21-23-28-30(27(25(3)4)26(5)6)29-24-22-20-18-16-14-12-10-8-2/h25-26H,7-24H2,1-6H3. The lowest BCUT2D eigenvalue weighted by Crippen LogP contribution is -2.33. The summed E-state index contributed by atoms with van der Waals surface area (Å²) >= 11 is 0. The van der Waals surface area contributed by atoms with Crippen LogP contribution in [0.5, 0.6) is 0 Å². The molecule has 0 aliphatic carbocycles. The predicted octanol–water partition coefficient (Wildman–Crippen LogP) is 9.65. The van der Waals surface area contributed by atoms with Crippen molar-refractivity contribution in [1.82, 2.24) is 4.67 Å². The molecule has 0 aromatic rings. The van der Waals surface area contributed by atoms with Crippen molar-refractivity contribution in [2.45, 2.75) is 156 Å². The van der Waals surface area contributed by atoms with Crippen molar-refractivity contribution in [1.29, 1.82) is 0 Å². The second-order valence-electron chi connectivity index (χ2n) is 9.42. The van der Waals surface area contributed by atoms with Crippen LogP contribution in [0, 0.1) is 0 Å². The van der Waals surface area contributed by atoms with Crippen LogP contribution in [0.4, 0.5) is 0 Å². The van der Waals surface area contributed by atoms with Gasteiger partial charge in [0.15, 0.2) is 0 Å². The van der Waals surface area contributed by atoms with Crippen LogP contribution in [-0.4, -0.2) is 30.0 Å². The fourth-order valence-electron chi connectivity index (χ4n) is 3.90. The Morgan fingerprint density at radius 1 is 0.500 bits per heavy atom. The first-order chi connectivity index (χ1) is 14.5. The van der Waals surface area contributed by atoms with Crippen LogP contribution in [0.25, 0.3) is 0 Å². The highest BCUT2D eigenvalue weighted by Gasteiger charge is 2.26. The Bertz CT molecular complexity index is 309. The molecule has 0 aromatic heterocycles. The molecule has 0 bridgehead atoms. The molecule has 0 amide bonds. The molecule has 0 aromatic carbocycles. The van der Waals surface area contributed by atoms with Crippen molar-refractivity contribution in [3.05, 3.63) is 0 Å². The zero-order valence-corrected chi connectivity index (χ0v) is 22.5. The van der Waals surface area contributed by atoms with Gasteiger partial charge >= 0.3 is 0 Å². The topological polar surface area (TPSA) is 21.7 Å². The average Bonchev–Trinajstić information content (AvgIpc) is 2.70. The Kier molecular flexibility index (Phi) is 22.7. The SMILES string of the molecule is CCCCCCCCCCOP(OCCCCCCCCCC)N(C(C)C)C(C)C. The first-order valence-electron chi connectivity index (χ1n) is 13.4. The van der Waals surface area contributed by atoms with Crippen LogP contribution in [0.2, 0.25) is 0 Å². The summed E-state index contributed by atoms with van der Waals surface area (Å²) in [6.45, 7) is 15.3. The van der Waals surface area contributed by atoms with E-state index in [9.17, 15) is 0 Å². The van der Waals surface area contributed by atoms with E-state index < -0.39 is 8.53 Å². The van der Waals surface area contributed by atoms with Crippen LogP contribution in [-0.2, 0) is 9.05 Å². The molecular formula is C26H56NO2P. The number of unbranched alkanes of at least 4 members (excludes halogenated alkanes) is 14. The molecule has 182 valence electrons. The first-order valence-corrected chi connectivity index (χ1v) is 14.5. The molecule has 0 saturated heterocycles. The summed E-state index contributed by atoms with van der Waals surface area (Å²) in [5.41, 5.74) is 0. The first kappa shape index (κ1) is 30.3. The molecule has 0 radical (unpaired) electrons. The normalized spacial score (nSPS) is 12.2. The van der Waals surface area contributed by atoms with Crippen molar-refractivity contribution in [2.75, 3.05) is 13.2 Å². The minimum atomic E-state index is -0.935. The van der Waals surface area contributed by atoms with Crippen LogP contribution in [0.15, 0.2) is 0 Å². The second-order valence-corrected chi connectivity index (χ2v) is 10.9. The number of hydrogen-bond acceptors (Lipinski definition) is 3. The molecule has 3 nitrogen and oxygen atoms in total. The van der Waals surface area contributed by atoms with Crippen molar-refractivity contribution in [3.8, 4) is 0 Å². The maximum atomic E-state index is 6.31. The summed E-state index contributed by atoms with van der Waals surface area (Å²) in [4.78, 5) is 0. The van der Waals surface area contributed by atoms with Crippen LogP contribution in [0.3, 0.4) is 0 Å². The van der Waals surface area contributed by atoms with Gasteiger partial charge in [0.1, 0.15) is 0 Å². The fraction of sp³-hybridized carbons (Fsp3) is 1.00. The van der Waals surface area contributed by atoms with Crippen molar-refractivity contribution in [3.63, 3.8) is 0 Å². The maximum absolute atomic E-state index is 6.31. The van der Waals surface area contributed by atoms with Crippen molar-refractivity contribution >= 4 is 8.53 Å². The lowest BCUT2D eigenvalue weighted by Gasteiger charge is -2.35. The zero-order valence-electron chi connectivity index (χ0n) is 21.6. The van der Waals surface area contributed by atoms with E-state index in [1.807, 2.05) is 0 Å². The highest BCUT2D eigenvalue weighted by molar-refractivity contribution is 7.44. The van der Waals surface area contributed by atoms with Crippen molar-refractivity contribution in [2.24, 2.45) is 0 Å². The van der Waals surface area contributed by atoms with Gasteiger partial charge in [0.2, 0.25) is 0 Å². The quantitative estimate of drug-likeness (QED) is 0.115. The zero-order chi connectivity index (χ0) is 22.5. The molecule has 0 fully saturated rings. The van der Waals surface area contributed by atoms with Crippen molar-refractivity contribution < 1.29 is 9.05 Å².